The molecular formula is C20H25N3O3S2+2. The first-order valence-corrected chi connectivity index (χ1v) is 12.0. The number of quaternary nitrogens is 2. The van der Waals surface area contributed by atoms with E-state index in [-0.39, 0.29) is 5.75 Å². The first-order chi connectivity index (χ1) is 13.6. The third-order valence-corrected chi connectivity index (χ3v) is 7.26. The highest BCUT2D eigenvalue weighted by molar-refractivity contribution is 7.87. The second-order valence-electron chi connectivity index (χ2n) is 7.16. The van der Waals surface area contributed by atoms with Crippen LogP contribution in [0.3, 0.4) is 0 Å². The van der Waals surface area contributed by atoms with Gasteiger partial charge in [-0.1, -0.05) is 30.3 Å². The molecule has 0 saturated carbocycles. The van der Waals surface area contributed by atoms with E-state index in [2.05, 4.69) is 18.2 Å². The van der Waals surface area contributed by atoms with Crippen LogP contribution in [-0.4, -0.2) is 51.9 Å². The number of thiazole rings is 1. The normalized spacial score (nSPS) is 20.3. The number of piperazine rings is 1. The molecule has 0 spiro atoms. The van der Waals surface area contributed by atoms with Crippen molar-refractivity contribution in [3.63, 3.8) is 0 Å². The Bertz CT molecular complexity index is 980. The van der Waals surface area contributed by atoms with E-state index in [1.165, 1.54) is 19.5 Å². The lowest BCUT2D eigenvalue weighted by Crippen LogP contribution is -3.27. The molecule has 1 aliphatic rings. The van der Waals surface area contributed by atoms with Crippen molar-refractivity contribution in [3.05, 3.63) is 59.6 Å². The fourth-order valence-corrected chi connectivity index (χ4v) is 5.59. The molecule has 1 saturated heterocycles. The summed E-state index contributed by atoms with van der Waals surface area (Å²) in [5.41, 5.74) is 1.08. The van der Waals surface area contributed by atoms with Gasteiger partial charge in [-0.2, -0.15) is 8.42 Å². The van der Waals surface area contributed by atoms with Gasteiger partial charge in [-0.15, -0.1) is 11.3 Å². The quantitative estimate of drug-likeness (QED) is 0.529. The summed E-state index contributed by atoms with van der Waals surface area (Å²) in [6.45, 7) is 5.55. The van der Waals surface area contributed by atoms with Gasteiger partial charge in [0.25, 0.3) is 0 Å². The Hall–Kier alpha value is -2.00. The van der Waals surface area contributed by atoms with E-state index < -0.39 is 10.1 Å². The lowest BCUT2D eigenvalue weighted by atomic mass is 10.3. The van der Waals surface area contributed by atoms with E-state index in [4.69, 9.17) is 9.17 Å². The number of hydrogen-bond donors (Lipinski definition) is 2. The van der Waals surface area contributed by atoms with Gasteiger partial charge in [0.05, 0.1) is 16.8 Å². The summed E-state index contributed by atoms with van der Waals surface area (Å²) in [6.07, 6.45) is 0. The van der Waals surface area contributed by atoms with Gasteiger partial charge in [0, 0.05) is 0 Å². The fraction of sp³-hybridized carbons (Fsp3) is 0.350. The van der Waals surface area contributed by atoms with E-state index in [1.54, 1.807) is 35.6 Å². The lowest BCUT2D eigenvalue weighted by molar-refractivity contribution is -1.02. The predicted molar refractivity (Wildman–Crippen MR) is 110 cm³/mol. The molecule has 2 heterocycles. The molecule has 0 amide bonds. The van der Waals surface area contributed by atoms with Crippen LogP contribution in [0.4, 0.5) is 0 Å². The van der Waals surface area contributed by atoms with Crippen molar-refractivity contribution >= 4 is 31.7 Å². The van der Waals surface area contributed by atoms with Gasteiger partial charge in [0.1, 0.15) is 49.2 Å². The van der Waals surface area contributed by atoms with Crippen LogP contribution in [0.25, 0.3) is 10.2 Å². The van der Waals surface area contributed by atoms with Crippen molar-refractivity contribution < 1.29 is 22.4 Å². The van der Waals surface area contributed by atoms with Crippen molar-refractivity contribution in [2.24, 2.45) is 0 Å². The van der Waals surface area contributed by atoms with Gasteiger partial charge >= 0.3 is 10.1 Å². The molecule has 0 unspecified atom stereocenters. The van der Waals surface area contributed by atoms with Gasteiger partial charge in [0.2, 0.25) is 0 Å². The van der Waals surface area contributed by atoms with E-state index in [0.29, 0.717) is 12.3 Å². The second kappa shape index (κ2) is 8.57. The van der Waals surface area contributed by atoms with Crippen LogP contribution in [0.2, 0.25) is 0 Å². The topological polar surface area (TPSA) is 65.1 Å². The maximum Gasteiger partial charge on any atom is 0.314 e. The molecule has 0 bridgehead atoms. The number of nitrogens with one attached hydrogen (secondary N) is 2. The van der Waals surface area contributed by atoms with Crippen molar-refractivity contribution in [1.82, 2.24) is 4.98 Å². The summed E-state index contributed by atoms with van der Waals surface area (Å²) in [6, 6.07) is 16.9. The molecule has 4 rings (SSSR count). The minimum Gasteiger partial charge on any atom is -0.382 e. The third kappa shape index (κ3) is 5.08. The van der Waals surface area contributed by atoms with Crippen LogP contribution in [0.15, 0.2) is 54.6 Å². The number of fused-ring (bicyclic) bond motifs is 1. The average Bonchev–Trinajstić information content (AvgIpc) is 3.10. The molecule has 3 aromatic rings. The fourth-order valence-electron chi connectivity index (χ4n) is 3.53. The lowest BCUT2D eigenvalue weighted by Gasteiger charge is -2.29. The summed E-state index contributed by atoms with van der Waals surface area (Å²) in [7, 11) is -3.55. The molecule has 0 atom stereocenters. The standard InChI is InChI=1S/C20H23N3O3S2/c24-28(25,26-17-6-2-1-3-7-17)15-14-22-10-12-23(13-11-22)16-20-21-18-8-4-5-9-19(18)27-20/h1-9H,10-16H2/p+2. The van der Waals surface area contributed by atoms with Crippen LogP contribution in [0.1, 0.15) is 5.01 Å². The molecule has 28 heavy (non-hydrogen) atoms. The Labute approximate surface area is 169 Å². The van der Waals surface area contributed by atoms with Crippen LogP contribution < -0.4 is 14.0 Å². The molecule has 0 aliphatic carbocycles. The van der Waals surface area contributed by atoms with Gasteiger partial charge < -0.3 is 14.0 Å². The molecule has 1 fully saturated rings. The average molecular weight is 420 g/mol. The highest BCUT2D eigenvalue weighted by Crippen LogP contribution is 2.20. The minimum atomic E-state index is -3.55. The molecule has 8 heteroatoms. The van der Waals surface area contributed by atoms with E-state index >= 15 is 0 Å². The summed E-state index contributed by atoms with van der Waals surface area (Å²) in [5.74, 6) is 0.423. The van der Waals surface area contributed by atoms with Gasteiger partial charge in [0.15, 0.2) is 0 Å². The zero-order valence-electron chi connectivity index (χ0n) is 15.6. The summed E-state index contributed by atoms with van der Waals surface area (Å²) < 4.78 is 30.8. The third-order valence-electron chi connectivity index (χ3n) is 5.08. The number of para-hydroxylation sites is 2. The Morgan fingerprint density at radius 3 is 2.36 bits per heavy atom. The largest absolute Gasteiger partial charge is 0.382 e. The predicted octanol–water partition coefficient (Wildman–Crippen LogP) is -0.0115. The zero-order chi connectivity index (χ0) is 19.4. The van der Waals surface area contributed by atoms with Gasteiger partial charge in [-0.3, -0.25) is 0 Å². The molecule has 2 aromatic carbocycles. The molecule has 2 N–H and O–H groups in total. The summed E-state index contributed by atoms with van der Waals surface area (Å²) in [4.78, 5) is 7.58. The molecular weight excluding hydrogens is 394 g/mol. The van der Waals surface area contributed by atoms with Crippen molar-refractivity contribution in [3.8, 4) is 5.75 Å². The maximum absolute atomic E-state index is 12.2. The first-order valence-electron chi connectivity index (χ1n) is 9.56. The summed E-state index contributed by atoms with van der Waals surface area (Å²) >= 11 is 1.77. The van der Waals surface area contributed by atoms with Crippen molar-refractivity contribution in [2.75, 3.05) is 38.5 Å². The van der Waals surface area contributed by atoms with Crippen molar-refractivity contribution in [2.45, 2.75) is 6.54 Å². The van der Waals surface area contributed by atoms with E-state index in [1.807, 2.05) is 12.1 Å². The minimum absolute atomic E-state index is 0.0461. The number of benzene rings is 2. The molecule has 1 aliphatic heterocycles. The molecule has 1 aromatic heterocycles. The van der Waals surface area contributed by atoms with Gasteiger partial charge in [-0.25, -0.2) is 4.98 Å². The van der Waals surface area contributed by atoms with E-state index in [9.17, 15) is 8.42 Å². The maximum atomic E-state index is 12.2. The van der Waals surface area contributed by atoms with Crippen molar-refractivity contribution in [1.29, 1.82) is 0 Å². The van der Waals surface area contributed by atoms with Crippen LogP contribution in [0.5, 0.6) is 5.75 Å². The summed E-state index contributed by atoms with van der Waals surface area (Å²) in [5, 5.41) is 1.18. The number of rotatable bonds is 7. The molecule has 6 nitrogen and oxygen atoms in total. The number of nitrogens with zero attached hydrogens (tertiary/aromatic N) is 1. The first kappa shape index (κ1) is 19.3. The molecule has 148 valence electrons. The Balaban J connectivity index is 1.24. The van der Waals surface area contributed by atoms with Crippen LogP contribution in [0, 0.1) is 0 Å². The van der Waals surface area contributed by atoms with Crippen LogP contribution >= 0.6 is 11.3 Å². The molecule has 0 radical (unpaired) electrons. The van der Waals surface area contributed by atoms with Crippen LogP contribution in [-0.2, 0) is 16.7 Å². The van der Waals surface area contributed by atoms with E-state index in [0.717, 1.165) is 38.2 Å². The highest BCUT2D eigenvalue weighted by atomic mass is 32.2. The Morgan fingerprint density at radius 2 is 1.61 bits per heavy atom. The number of hydrogen-bond acceptors (Lipinski definition) is 5. The smallest absolute Gasteiger partial charge is 0.314 e. The Morgan fingerprint density at radius 1 is 0.929 bits per heavy atom. The SMILES string of the molecule is O=S(=O)(CC[NH+]1CC[NH+](Cc2nc3ccccc3s2)CC1)Oc1ccccc1. The monoisotopic (exact) mass is 419 g/mol. The second-order valence-corrected chi connectivity index (χ2v) is 9.97. The highest BCUT2D eigenvalue weighted by Gasteiger charge is 2.26. The number of aromatic nitrogens is 1. The zero-order valence-corrected chi connectivity index (χ0v) is 17.3. The van der Waals surface area contributed by atoms with Gasteiger partial charge in [-0.05, 0) is 24.3 Å². The Kier molecular flexibility index (Phi) is 5.91.